The van der Waals surface area contributed by atoms with Gasteiger partial charge in [0.1, 0.15) is 17.1 Å². The molecule has 1 atom stereocenters. The van der Waals surface area contributed by atoms with Gasteiger partial charge in [-0.15, -0.1) is 5.10 Å². The predicted octanol–water partition coefficient (Wildman–Crippen LogP) is 3.48. The third kappa shape index (κ3) is 2.43. The maximum absolute atomic E-state index is 11.9. The molecule has 0 amide bonds. The maximum Gasteiger partial charge on any atom is 0.482 e. The normalized spacial score (nSPS) is 11.7. The van der Waals surface area contributed by atoms with Crippen LogP contribution < -0.4 is 4.74 Å². The molecule has 0 spiro atoms. The van der Waals surface area contributed by atoms with Crippen LogP contribution in [0.5, 0.6) is 5.75 Å². The van der Waals surface area contributed by atoms with Crippen molar-refractivity contribution in [1.29, 1.82) is 0 Å². The number of rotatable bonds is 3. The molecule has 3 rings (SSSR count). The summed E-state index contributed by atoms with van der Waals surface area (Å²) in [5.41, 5.74) is 1.76. The predicted molar refractivity (Wildman–Crippen MR) is 83.9 cm³/mol. The molecule has 0 fully saturated rings. The second kappa shape index (κ2) is 5.50. The van der Waals surface area contributed by atoms with E-state index in [1.54, 1.807) is 32.2 Å². The van der Waals surface area contributed by atoms with Crippen LogP contribution in [0.4, 0.5) is 0 Å². The Morgan fingerprint density at radius 3 is 2.86 bits per heavy atom. The van der Waals surface area contributed by atoms with Crippen molar-refractivity contribution in [2.45, 2.75) is 0 Å². The first-order valence-corrected chi connectivity index (χ1v) is 8.52. The number of halogens is 1. The zero-order valence-corrected chi connectivity index (χ0v) is 13.8. The van der Waals surface area contributed by atoms with Gasteiger partial charge < -0.3 is 4.74 Å². The monoisotopic (exact) mass is 365 g/mol. The largest absolute Gasteiger partial charge is 0.494 e. The minimum Gasteiger partial charge on any atom is -0.494 e. The van der Waals surface area contributed by atoms with Gasteiger partial charge in [0, 0.05) is 16.9 Å². The molecule has 3 heterocycles. The summed E-state index contributed by atoms with van der Waals surface area (Å²) in [5, 5.41) is 5.19. The number of ether oxygens (including phenoxy) is 1. The molecule has 0 radical (unpaired) electrons. The molecule has 21 heavy (non-hydrogen) atoms. The molecule has 106 valence electrons. The van der Waals surface area contributed by atoms with Gasteiger partial charge in [-0.1, -0.05) is 0 Å². The van der Waals surface area contributed by atoms with Crippen molar-refractivity contribution in [2.24, 2.45) is 0 Å². The van der Waals surface area contributed by atoms with Crippen molar-refractivity contribution >= 4 is 34.9 Å². The topological polar surface area (TPSA) is 69.9 Å². The average molecular weight is 366 g/mol. The first-order valence-electron chi connectivity index (χ1n) is 6.06. The van der Waals surface area contributed by atoms with Gasteiger partial charge >= 0.3 is 7.95 Å². The minimum absolute atomic E-state index is 0.560. The summed E-state index contributed by atoms with van der Waals surface area (Å²) < 4.78 is 19.5. The summed E-state index contributed by atoms with van der Waals surface area (Å²) in [6.45, 7) is 1.59. The molecule has 0 saturated carbocycles. The van der Waals surface area contributed by atoms with Gasteiger partial charge in [0.25, 0.3) is 0 Å². The first kappa shape index (κ1) is 14.1. The van der Waals surface area contributed by atoms with Crippen LogP contribution in [0.15, 0.2) is 35.1 Å². The summed E-state index contributed by atoms with van der Waals surface area (Å²) >= 11 is 3.40. The van der Waals surface area contributed by atoms with E-state index in [0.717, 1.165) is 9.86 Å². The van der Waals surface area contributed by atoms with Crippen molar-refractivity contribution < 1.29 is 9.30 Å². The van der Waals surface area contributed by atoms with Gasteiger partial charge in [-0.05, 0) is 43.1 Å². The van der Waals surface area contributed by atoms with Crippen molar-refractivity contribution in [3.8, 4) is 17.1 Å². The fourth-order valence-corrected chi connectivity index (χ4v) is 3.04. The van der Waals surface area contributed by atoms with Crippen molar-refractivity contribution in [3.05, 3.63) is 35.1 Å². The third-order valence-electron chi connectivity index (χ3n) is 2.95. The highest BCUT2D eigenvalue weighted by Crippen LogP contribution is 2.35. The van der Waals surface area contributed by atoms with Gasteiger partial charge in [-0.3, -0.25) is 4.98 Å². The highest BCUT2D eigenvalue weighted by atomic mass is 79.9. The van der Waals surface area contributed by atoms with E-state index in [1.807, 2.05) is 12.1 Å². The number of methoxy groups -OCH3 is 1. The number of nitrogens with zero attached hydrogens (tertiary/aromatic N) is 4. The van der Waals surface area contributed by atoms with E-state index < -0.39 is 7.95 Å². The molecule has 0 aliphatic rings. The summed E-state index contributed by atoms with van der Waals surface area (Å²) in [6, 6.07) is 5.48. The fourth-order valence-electron chi connectivity index (χ4n) is 2.07. The minimum atomic E-state index is -1.68. The molecule has 0 bridgehead atoms. The van der Waals surface area contributed by atoms with Gasteiger partial charge in [0.2, 0.25) is 5.65 Å². The molecular formula is C13H11BrN4O2P+. The molecule has 0 aliphatic heterocycles. The van der Waals surface area contributed by atoms with Gasteiger partial charge in [0.05, 0.1) is 12.5 Å². The van der Waals surface area contributed by atoms with Crippen molar-refractivity contribution in [3.63, 3.8) is 0 Å². The van der Waals surface area contributed by atoms with E-state index in [4.69, 9.17) is 4.74 Å². The molecule has 0 aliphatic carbocycles. The smallest absolute Gasteiger partial charge is 0.482 e. The molecule has 3 aromatic rings. The Hall–Kier alpha value is -1.85. The lowest BCUT2D eigenvalue weighted by atomic mass is 10.2. The summed E-state index contributed by atoms with van der Waals surface area (Å²) in [5.74, 6) is 0.607. The van der Waals surface area contributed by atoms with Crippen LogP contribution in [0, 0.1) is 0 Å². The Morgan fingerprint density at radius 2 is 2.14 bits per heavy atom. The van der Waals surface area contributed by atoms with E-state index >= 15 is 0 Å². The Kier molecular flexibility index (Phi) is 3.69. The summed E-state index contributed by atoms with van der Waals surface area (Å²) in [4.78, 5) is 8.64. The second-order valence-electron chi connectivity index (χ2n) is 4.28. The maximum atomic E-state index is 11.9. The Bertz CT molecular complexity index is 849. The zero-order valence-electron chi connectivity index (χ0n) is 11.3. The zero-order chi connectivity index (χ0) is 15.0. The van der Waals surface area contributed by atoms with E-state index in [0.29, 0.717) is 22.8 Å². The van der Waals surface area contributed by atoms with Gasteiger partial charge in [-0.2, -0.15) is 0 Å². The van der Waals surface area contributed by atoms with E-state index in [2.05, 4.69) is 31.0 Å². The lowest BCUT2D eigenvalue weighted by Gasteiger charge is -2.04. The summed E-state index contributed by atoms with van der Waals surface area (Å²) in [6.07, 6.45) is 3.32. The third-order valence-corrected chi connectivity index (χ3v) is 4.20. The molecule has 3 aromatic heterocycles. The van der Waals surface area contributed by atoms with Gasteiger partial charge in [-0.25, -0.2) is 4.98 Å². The Balaban J connectivity index is 2.37. The summed E-state index contributed by atoms with van der Waals surface area (Å²) in [7, 11) is -0.102. The highest BCUT2D eigenvalue weighted by Gasteiger charge is 2.24. The van der Waals surface area contributed by atoms with Crippen LogP contribution in [0.25, 0.3) is 22.4 Å². The quantitative estimate of drug-likeness (QED) is 0.664. The van der Waals surface area contributed by atoms with E-state index in [1.165, 1.54) is 4.45 Å². The number of aromatic nitrogens is 4. The van der Waals surface area contributed by atoms with E-state index in [-0.39, 0.29) is 0 Å². The molecule has 0 N–H and O–H groups in total. The Morgan fingerprint density at radius 1 is 1.33 bits per heavy atom. The van der Waals surface area contributed by atoms with Crippen LogP contribution in [0.3, 0.4) is 0 Å². The van der Waals surface area contributed by atoms with Crippen LogP contribution in [0.2, 0.25) is 0 Å². The van der Waals surface area contributed by atoms with Crippen molar-refractivity contribution in [1.82, 2.24) is 19.5 Å². The molecular weight excluding hydrogens is 355 g/mol. The van der Waals surface area contributed by atoms with Crippen LogP contribution in [0.1, 0.15) is 0 Å². The molecule has 1 unspecified atom stereocenters. The molecule has 6 nitrogen and oxygen atoms in total. The van der Waals surface area contributed by atoms with Crippen LogP contribution in [-0.2, 0) is 4.57 Å². The number of fused-ring (bicyclic) bond motifs is 1. The molecule has 8 heteroatoms. The van der Waals surface area contributed by atoms with Gasteiger partial charge in [0.15, 0.2) is 6.66 Å². The average Bonchev–Trinajstić information content (AvgIpc) is 2.85. The highest BCUT2D eigenvalue weighted by molar-refractivity contribution is 9.10. The number of pyridine rings is 2. The molecule has 0 saturated heterocycles. The van der Waals surface area contributed by atoms with E-state index in [9.17, 15) is 4.57 Å². The first-order chi connectivity index (χ1) is 10.1. The lowest BCUT2D eigenvalue weighted by Crippen LogP contribution is -1.93. The second-order valence-corrected chi connectivity index (χ2v) is 6.50. The van der Waals surface area contributed by atoms with Crippen LogP contribution in [-0.4, -0.2) is 33.3 Å². The van der Waals surface area contributed by atoms with Crippen molar-refractivity contribution in [2.75, 3.05) is 13.8 Å². The standard InChI is InChI=1S/C13H11BrN4O2P/c1-20-10-4-3-5-15-12(10)11-9-6-8(14)7-16-13(9)18(17-11)21(2)19/h3-7H,1-2H3/q+1. The SMILES string of the molecule is COc1cccnc1-c1nn([P+](C)=O)c2ncc(Br)cc12. The fraction of sp³-hybridized carbons (Fsp3) is 0.154. The van der Waals surface area contributed by atoms with Crippen LogP contribution >= 0.6 is 23.9 Å². The number of hydrogen-bond donors (Lipinski definition) is 0. The number of hydrogen-bond acceptors (Lipinski definition) is 5. The molecule has 0 aromatic carbocycles. The lowest BCUT2D eigenvalue weighted by molar-refractivity contribution is 0.414. The Labute approximate surface area is 130 Å².